The number of imide groups is 1. The number of esters is 1. The first-order valence-corrected chi connectivity index (χ1v) is 27.1. The number of H-pyrrole nitrogens is 1. The van der Waals surface area contributed by atoms with Crippen LogP contribution in [-0.2, 0) is 84.2 Å². The fourth-order valence-electron chi connectivity index (χ4n) is 11.9. The Labute approximate surface area is 466 Å². The minimum Gasteiger partial charge on any atom is -0.460 e. The third kappa shape index (κ3) is 10.4. The molecule has 1 spiro atoms. The molecule has 426 valence electrons. The number of carbonyl (C=O) groups excluding carboxylic acids is 9. The van der Waals surface area contributed by atoms with Crippen LogP contribution in [0.25, 0.3) is 22.3 Å². The molecule has 6 aliphatic rings. The van der Waals surface area contributed by atoms with Gasteiger partial charge in [0.25, 0.3) is 23.3 Å². The molecule has 3 aromatic heterocycles. The van der Waals surface area contributed by atoms with Crippen molar-refractivity contribution >= 4 is 64.1 Å². The molecule has 25 heteroatoms. The van der Waals surface area contributed by atoms with E-state index in [2.05, 4.69) is 42.1 Å². The maximum absolute atomic E-state index is 15.5. The number of amides is 8. The number of carbonyl (C=O) groups is 9. The van der Waals surface area contributed by atoms with E-state index in [9.17, 15) is 47.9 Å². The van der Waals surface area contributed by atoms with Crippen molar-refractivity contribution in [1.82, 2.24) is 56.5 Å². The van der Waals surface area contributed by atoms with Crippen LogP contribution in [0.2, 0.25) is 0 Å². The van der Waals surface area contributed by atoms with E-state index in [1.807, 2.05) is 13.0 Å². The number of aromatic amines is 1. The van der Waals surface area contributed by atoms with Crippen molar-refractivity contribution in [2.45, 2.75) is 101 Å². The molecule has 2 unspecified atom stereocenters. The van der Waals surface area contributed by atoms with Crippen LogP contribution in [0.4, 0.5) is 4.39 Å². The Kier molecular flexibility index (Phi) is 14.9. The standard InChI is InChI=1S/C57H58FN11O13/c1-3-32-34-18-41-51-35(25-69(41)53(77)36(34)27-82-54(32)78)50-49-33(29(2)38(58)19-39(49)63-51)11-13-56(50)21-42(56)64-52(76)40-17-31(66-67-40)26-81-28-62-45(72)23-61-55(79)57(20-37(57)30-7-5-4-6-8-30)65-46(73)24-60-44(71)22-59-43(70)12-15-80-16-14-68-47(74)9-10-48(68)75/h4-10,17-19,32,37,42H,3,11-16,20-28H2,1-2H3,(H,59,70)(H,60,71)(H,61,79)(H,62,72)(H,64,76)(H,65,73)(H,66,67)/t32-,37-,42?,56+,57?/m1/s1. The Morgan fingerprint density at radius 2 is 1.60 bits per heavy atom. The molecule has 24 nitrogen and oxygen atoms in total. The van der Waals surface area contributed by atoms with E-state index in [1.54, 1.807) is 41.8 Å². The quantitative estimate of drug-likeness (QED) is 0.0215. The lowest BCUT2D eigenvalue weighted by molar-refractivity contribution is -0.148. The van der Waals surface area contributed by atoms with Gasteiger partial charge in [-0.3, -0.25) is 57.9 Å². The van der Waals surface area contributed by atoms with Gasteiger partial charge in [0.05, 0.1) is 86.6 Å². The summed E-state index contributed by atoms with van der Waals surface area (Å²) in [6.45, 7) is 1.99. The van der Waals surface area contributed by atoms with Gasteiger partial charge in [0.15, 0.2) is 0 Å². The molecule has 3 aliphatic carbocycles. The minimum absolute atomic E-state index is 0.0271. The number of rotatable bonds is 22. The number of aromatic nitrogens is 4. The van der Waals surface area contributed by atoms with Gasteiger partial charge in [-0.05, 0) is 79.0 Å². The molecule has 5 atom stereocenters. The summed E-state index contributed by atoms with van der Waals surface area (Å²) in [5.74, 6) is -6.21. The van der Waals surface area contributed by atoms with Gasteiger partial charge < -0.3 is 50.7 Å². The summed E-state index contributed by atoms with van der Waals surface area (Å²) in [5, 5.41) is 23.7. The second kappa shape index (κ2) is 22.2. The topological polar surface area (TPSA) is 320 Å². The van der Waals surface area contributed by atoms with Crippen molar-refractivity contribution in [3.8, 4) is 11.4 Å². The first kappa shape index (κ1) is 55.0. The third-order valence-electron chi connectivity index (χ3n) is 16.4. The summed E-state index contributed by atoms with van der Waals surface area (Å²) in [7, 11) is 0. The molecule has 7 N–H and O–H groups in total. The van der Waals surface area contributed by atoms with Gasteiger partial charge in [0.1, 0.15) is 30.4 Å². The second-order valence-electron chi connectivity index (χ2n) is 21.3. The van der Waals surface area contributed by atoms with Crippen LogP contribution in [-0.4, -0.2) is 136 Å². The number of ether oxygens (including phenoxy) is 3. The second-order valence-corrected chi connectivity index (χ2v) is 21.3. The third-order valence-corrected chi connectivity index (χ3v) is 16.4. The number of fused-ring (bicyclic) bond motifs is 6. The first-order chi connectivity index (χ1) is 39.5. The zero-order valence-electron chi connectivity index (χ0n) is 44.8. The van der Waals surface area contributed by atoms with Gasteiger partial charge in [-0.2, -0.15) is 5.10 Å². The molecule has 2 saturated carbocycles. The van der Waals surface area contributed by atoms with Crippen LogP contribution >= 0.6 is 0 Å². The van der Waals surface area contributed by atoms with Crippen molar-refractivity contribution in [3.63, 3.8) is 0 Å². The van der Waals surface area contributed by atoms with E-state index in [0.717, 1.165) is 44.7 Å². The Bertz CT molecular complexity index is 3620. The number of aryl methyl sites for hydroxylation is 1. The van der Waals surface area contributed by atoms with Crippen molar-refractivity contribution in [1.29, 1.82) is 0 Å². The monoisotopic (exact) mass is 1120 g/mol. The largest absolute Gasteiger partial charge is 0.460 e. The molecule has 2 fully saturated rings. The fourth-order valence-corrected chi connectivity index (χ4v) is 11.9. The maximum Gasteiger partial charge on any atom is 0.313 e. The summed E-state index contributed by atoms with van der Waals surface area (Å²) in [5.41, 5.74) is 4.92. The number of nitrogens with zero attached hydrogens (tertiary/aromatic N) is 4. The van der Waals surface area contributed by atoms with Crippen molar-refractivity contribution in [2.24, 2.45) is 0 Å². The van der Waals surface area contributed by atoms with E-state index in [4.69, 9.17) is 19.2 Å². The molecule has 0 bridgehead atoms. The van der Waals surface area contributed by atoms with Crippen LogP contribution in [0.5, 0.6) is 0 Å². The van der Waals surface area contributed by atoms with Crippen LogP contribution in [0.1, 0.15) is 106 Å². The Morgan fingerprint density at radius 3 is 2.38 bits per heavy atom. The Hall–Kier alpha value is -8.97. The van der Waals surface area contributed by atoms with E-state index in [0.29, 0.717) is 65.0 Å². The zero-order valence-corrected chi connectivity index (χ0v) is 44.8. The van der Waals surface area contributed by atoms with E-state index in [-0.39, 0.29) is 88.2 Å². The average Bonchev–Trinajstić information content (AvgIpc) is 4.09. The molecule has 8 amide bonds. The fraction of sp³-hybridized carbons (Fsp3) is 0.404. The lowest BCUT2D eigenvalue weighted by Crippen LogP contribution is -2.54. The Balaban J connectivity index is 0.645. The summed E-state index contributed by atoms with van der Waals surface area (Å²) >= 11 is 0. The van der Waals surface area contributed by atoms with E-state index in [1.165, 1.54) is 12.1 Å². The number of cyclic esters (lactones) is 1. The molecule has 0 radical (unpaired) electrons. The first-order valence-electron chi connectivity index (χ1n) is 27.1. The number of hydrogen-bond donors (Lipinski definition) is 7. The predicted molar refractivity (Wildman–Crippen MR) is 285 cm³/mol. The highest BCUT2D eigenvalue weighted by Gasteiger charge is 2.62. The SMILES string of the molecule is CC[C@H]1C(=O)OCc2c1cc1n(c2=O)Cc2c-1nc1cc(F)c(C)c3c1c2[C@@]1(CC3)CC1NC(=O)c1cc(COCNC(=O)CNC(=O)C2(NC(=O)CNC(=O)CNC(=O)CCOCCN3C(=O)C=CC3=O)C[C@@H]2c2ccccc2)[nH]n1. The van der Waals surface area contributed by atoms with E-state index >= 15 is 4.39 Å². The number of hydrogen-bond acceptors (Lipinski definition) is 15. The highest BCUT2D eigenvalue weighted by molar-refractivity contribution is 6.13. The molecule has 2 aromatic carbocycles. The van der Waals surface area contributed by atoms with Crippen molar-refractivity contribution in [2.75, 3.05) is 46.1 Å². The van der Waals surface area contributed by atoms with Gasteiger partial charge in [-0.25, -0.2) is 9.37 Å². The summed E-state index contributed by atoms with van der Waals surface area (Å²) in [6.07, 6.45) is 4.65. The molecule has 11 rings (SSSR count). The predicted octanol–water partition coefficient (Wildman–Crippen LogP) is 0.846. The molecule has 6 heterocycles. The molecule has 0 saturated heterocycles. The maximum atomic E-state index is 15.5. The number of benzene rings is 2. The van der Waals surface area contributed by atoms with Gasteiger partial charge in [-0.1, -0.05) is 37.3 Å². The molecular formula is C57H58FN11O13. The van der Waals surface area contributed by atoms with Crippen LogP contribution in [0.15, 0.2) is 65.5 Å². The van der Waals surface area contributed by atoms with Gasteiger partial charge in [0.2, 0.25) is 29.5 Å². The molecule has 5 aromatic rings. The normalized spacial score (nSPS) is 21.3. The summed E-state index contributed by atoms with van der Waals surface area (Å²) in [6, 6.07) is 13.5. The minimum atomic E-state index is -1.42. The lowest BCUT2D eigenvalue weighted by Gasteiger charge is -2.30. The average molecular weight is 1120 g/mol. The lowest BCUT2D eigenvalue weighted by atomic mass is 9.75. The molecule has 82 heavy (non-hydrogen) atoms. The Morgan fingerprint density at radius 1 is 0.854 bits per heavy atom. The number of halogens is 1. The molecule has 3 aliphatic heterocycles. The summed E-state index contributed by atoms with van der Waals surface area (Å²) < 4.78 is 33.5. The highest BCUT2D eigenvalue weighted by atomic mass is 19.1. The molecular weight excluding hydrogens is 1070 g/mol. The van der Waals surface area contributed by atoms with E-state index < -0.39 is 89.7 Å². The van der Waals surface area contributed by atoms with Crippen LogP contribution in [0.3, 0.4) is 0 Å². The number of nitrogens with one attached hydrogen (secondary N) is 7. The highest BCUT2D eigenvalue weighted by Crippen LogP contribution is 2.60. The number of pyridine rings is 2. The van der Waals surface area contributed by atoms with Crippen molar-refractivity contribution in [3.05, 3.63) is 127 Å². The smallest absolute Gasteiger partial charge is 0.313 e. The van der Waals surface area contributed by atoms with Crippen LogP contribution < -0.4 is 37.5 Å². The van der Waals surface area contributed by atoms with Gasteiger partial charge in [0, 0.05) is 53.0 Å². The summed E-state index contributed by atoms with van der Waals surface area (Å²) in [4.78, 5) is 134. The van der Waals surface area contributed by atoms with Crippen molar-refractivity contribution < 1.29 is 61.8 Å². The van der Waals surface area contributed by atoms with Crippen LogP contribution in [0, 0.1) is 12.7 Å². The zero-order chi connectivity index (χ0) is 57.6. The van der Waals surface area contributed by atoms with Gasteiger partial charge >= 0.3 is 5.97 Å². The van der Waals surface area contributed by atoms with Gasteiger partial charge in [-0.15, -0.1) is 0 Å².